The molecule has 1 aromatic rings. The third-order valence-corrected chi connectivity index (χ3v) is 6.61. The van der Waals surface area contributed by atoms with Gasteiger partial charge in [-0.15, -0.1) is 0 Å². The topological polar surface area (TPSA) is 86.5 Å². The van der Waals surface area contributed by atoms with Crippen molar-refractivity contribution in [2.45, 2.75) is 58.0 Å². The van der Waals surface area contributed by atoms with Gasteiger partial charge in [0.05, 0.1) is 12.0 Å². The molecule has 1 aromatic carbocycles. The van der Waals surface area contributed by atoms with Gasteiger partial charge in [0, 0.05) is 24.0 Å². The standard InChI is InChI=1S/C22H35N5O2/c1-14-5-6-17(25-21(28)18-8-11-29-15(18)2)12-20(14)27-22-24-10-7-19(26-22)16-4-3-9-23-13-16/h5-6,12,15-16,18-19,22-24,26-27H,3-4,7-11,13H2,1-2H3,(H,25,28). The molecule has 5 N–H and O–H groups in total. The van der Waals surface area contributed by atoms with Crippen LogP contribution in [0, 0.1) is 18.8 Å². The van der Waals surface area contributed by atoms with Crippen LogP contribution in [0.15, 0.2) is 18.2 Å². The summed E-state index contributed by atoms with van der Waals surface area (Å²) in [7, 11) is 0. The Hall–Kier alpha value is -1.67. The monoisotopic (exact) mass is 401 g/mol. The van der Waals surface area contributed by atoms with Gasteiger partial charge in [0.2, 0.25) is 5.91 Å². The van der Waals surface area contributed by atoms with Crippen molar-refractivity contribution < 1.29 is 9.53 Å². The fourth-order valence-electron chi connectivity index (χ4n) is 4.75. The Labute approximate surface area is 173 Å². The summed E-state index contributed by atoms with van der Waals surface area (Å²) in [6.45, 7) is 7.97. The van der Waals surface area contributed by atoms with E-state index in [9.17, 15) is 4.79 Å². The SMILES string of the molecule is Cc1ccc(NC(=O)C2CCOC2C)cc1NC1NCCC(C2CCCNC2)N1. The molecular weight excluding hydrogens is 366 g/mol. The van der Waals surface area contributed by atoms with Crippen LogP contribution in [0.1, 0.15) is 38.2 Å². The van der Waals surface area contributed by atoms with Crippen molar-refractivity contribution in [3.8, 4) is 0 Å². The van der Waals surface area contributed by atoms with Crippen molar-refractivity contribution in [1.29, 1.82) is 0 Å². The number of carbonyl (C=O) groups excluding carboxylic acids is 1. The highest BCUT2D eigenvalue weighted by Gasteiger charge is 2.31. The number of hydrogen-bond donors (Lipinski definition) is 5. The highest BCUT2D eigenvalue weighted by molar-refractivity contribution is 5.93. The summed E-state index contributed by atoms with van der Waals surface area (Å²) in [6.07, 6.45) is 4.52. The third kappa shape index (κ3) is 5.09. The van der Waals surface area contributed by atoms with E-state index in [1.54, 1.807) is 0 Å². The Bertz CT molecular complexity index is 706. The second kappa shape index (κ2) is 9.43. The summed E-state index contributed by atoms with van der Waals surface area (Å²) in [5, 5.41) is 17.5. The molecule has 3 heterocycles. The summed E-state index contributed by atoms with van der Waals surface area (Å²) in [4.78, 5) is 12.6. The predicted octanol–water partition coefficient (Wildman–Crippen LogP) is 2.01. The van der Waals surface area contributed by atoms with Gasteiger partial charge >= 0.3 is 0 Å². The van der Waals surface area contributed by atoms with Gasteiger partial charge in [-0.2, -0.15) is 0 Å². The van der Waals surface area contributed by atoms with Crippen molar-refractivity contribution in [3.05, 3.63) is 23.8 Å². The molecule has 3 fully saturated rings. The first-order valence-electron chi connectivity index (χ1n) is 11.1. The molecule has 3 aliphatic heterocycles. The molecule has 5 unspecified atom stereocenters. The van der Waals surface area contributed by atoms with E-state index in [2.05, 4.69) is 39.6 Å². The lowest BCUT2D eigenvalue weighted by atomic mass is 9.89. The van der Waals surface area contributed by atoms with Crippen LogP contribution in [-0.4, -0.2) is 50.6 Å². The maximum Gasteiger partial charge on any atom is 0.230 e. The van der Waals surface area contributed by atoms with E-state index >= 15 is 0 Å². The number of anilines is 2. The minimum Gasteiger partial charge on any atom is -0.378 e. The molecule has 29 heavy (non-hydrogen) atoms. The van der Waals surface area contributed by atoms with Crippen LogP contribution in [0.25, 0.3) is 0 Å². The number of nitrogens with one attached hydrogen (secondary N) is 5. The van der Waals surface area contributed by atoms with Crippen molar-refractivity contribution in [3.63, 3.8) is 0 Å². The minimum atomic E-state index is -0.0701. The molecule has 0 aromatic heterocycles. The smallest absolute Gasteiger partial charge is 0.230 e. The lowest BCUT2D eigenvalue weighted by Gasteiger charge is -2.39. The van der Waals surface area contributed by atoms with Crippen LogP contribution in [0.4, 0.5) is 11.4 Å². The van der Waals surface area contributed by atoms with Crippen molar-refractivity contribution in [1.82, 2.24) is 16.0 Å². The molecule has 4 rings (SSSR count). The van der Waals surface area contributed by atoms with Crippen molar-refractivity contribution in [2.24, 2.45) is 11.8 Å². The number of piperidine rings is 1. The normalized spacial score (nSPS) is 32.7. The Morgan fingerprint density at radius 1 is 1.21 bits per heavy atom. The third-order valence-electron chi connectivity index (χ3n) is 6.61. The summed E-state index contributed by atoms with van der Waals surface area (Å²) >= 11 is 0. The molecule has 0 spiro atoms. The zero-order chi connectivity index (χ0) is 20.2. The first kappa shape index (κ1) is 20.6. The first-order chi connectivity index (χ1) is 14.1. The van der Waals surface area contributed by atoms with E-state index in [1.165, 1.54) is 12.8 Å². The van der Waals surface area contributed by atoms with Gasteiger partial charge in [0.1, 0.15) is 6.29 Å². The molecule has 0 radical (unpaired) electrons. The number of benzene rings is 1. The summed E-state index contributed by atoms with van der Waals surface area (Å²) in [5.41, 5.74) is 3.02. The molecule has 3 aliphatic rings. The minimum absolute atomic E-state index is 0.0140. The van der Waals surface area contributed by atoms with Gasteiger partial charge in [-0.3, -0.25) is 15.4 Å². The highest BCUT2D eigenvalue weighted by atomic mass is 16.5. The Morgan fingerprint density at radius 2 is 2.10 bits per heavy atom. The lowest BCUT2D eigenvalue weighted by Crippen LogP contribution is -2.60. The maximum absolute atomic E-state index is 12.6. The quantitative estimate of drug-likeness (QED) is 0.519. The fraction of sp³-hybridized carbons (Fsp3) is 0.682. The van der Waals surface area contributed by atoms with Crippen LogP contribution in [0.2, 0.25) is 0 Å². The number of ether oxygens (including phenoxy) is 1. The molecule has 160 valence electrons. The Kier molecular flexibility index (Phi) is 6.70. The molecule has 3 saturated heterocycles. The number of rotatable bonds is 5. The van der Waals surface area contributed by atoms with Crippen molar-refractivity contribution in [2.75, 3.05) is 36.9 Å². The highest BCUT2D eigenvalue weighted by Crippen LogP contribution is 2.25. The van der Waals surface area contributed by atoms with E-state index in [-0.39, 0.29) is 24.2 Å². The zero-order valence-electron chi connectivity index (χ0n) is 17.6. The molecule has 0 saturated carbocycles. The molecule has 0 bridgehead atoms. The second-order valence-electron chi connectivity index (χ2n) is 8.69. The van der Waals surface area contributed by atoms with E-state index in [0.717, 1.165) is 49.4 Å². The second-order valence-corrected chi connectivity index (χ2v) is 8.69. The number of amides is 1. The van der Waals surface area contributed by atoms with E-state index in [0.29, 0.717) is 18.6 Å². The van der Waals surface area contributed by atoms with Crippen LogP contribution in [0.3, 0.4) is 0 Å². The predicted molar refractivity (Wildman–Crippen MR) is 116 cm³/mol. The number of aryl methyl sites for hydroxylation is 1. The molecule has 0 aliphatic carbocycles. The van der Waals surface area contributed by atoms with Crippen LogP contribution in [0.5, 0.6) is 0 Å². The number of carbonyl (C=O) groups is 1. The Morgan fingerprint density at radius 3 is 2.86 bits per heavy atom. The fourth-order valence-corrected chi connectivity index (χ4v) is 4.75. The van der Waals surface area contributed by atoms with Crippen LogP contribution in [-0.2, 0) is 9.53 Å². The van der Waals surface area contributed by atoms with Gasteiger partial charge in [-0.1, -0.05) is 6.07 Å². The molecule has 5 atom stereocenters. The summed E-state index contributed by atoms with van der Waals surface area (Å²) < 4.78 is 5.53. The summed E-state index contributed by atoms with van der Waals surface area (Å²) in [6, 6.07) is 6.58. The van der Waals surface area contributed by atoms with E-state index in [4.69, 9.17) is 4.74 Å². The van der Waals surface area contributed by atoms with Gasteiger partial charge in [0.15, 0.2) is 0 Å². The van der Waals surface area contributed by atoms with Gasteiger partial charge < -0.3 is 20.7 Å². The largest absolute Gasteiger partial charge is 0.378 e. The molecule has 1 amide bonds. The van der Waals surface area contributed by atoms with Crippen LogP contribution >= 0.6 is 0 Å². The van der Waals surface area contributed by atoms with Gasteiger partial charge in [-0.25, -0.2) is 0 Å². The van der Waals surface area contributed by atoms with E-state index in [1.807, 2.05) is 19.1 Å². The zero-order valence-corrected chi connectivity index (χ0v) is 17.6. The van der Waals surface area contributed by atoms with E-state index < -0.39 is 0 Å². The first-order valence-corrected chi connectivity index (χ1v) is 11.1. The maximum atomic E-state index is 12.6. The van der Waals surface area contributed by atoms with Crippen LogP contribution < -0.4 is 26.6 Å². The average Bonchev–Trinajstić information content (AvgIpc) is 3.17. The average molecular weight is 402 g/mol. The molecule has 7 nitrogen and oxygen atoms in total. The Balaban J connectivity index is 1.37. The summed E-state index contributed by atoms with van der Waals surface area (Å²) in [5.74, 6) is 0.667. The molecular formula is C22H35N5O2. The van der Waals surface area contributed by atoms with Crippen molar-refractivity contribution >= 4 is 17.3 Å². The molecule has 7 heteroatoms. The number of hydrogen-bond acceptors (Lipinski definition) is 6. The van der Waals surface area contributed by atoms with Gasteiger partial charge in [-0.05, 0) is 82.8 Å². The van der Waals surface area contributed by atoms with Gasteiger partial charge in [0.25, 0.3) is 0 Å². The lowest BCUT2D eigenvalue weighted by molar-refractivity contribution is -0.121.